The highest BCUT2D eigenvalue weighted by atomic mass is 32.2. The Morgan fingerprint density at radius 3 is 2.28 bits per heavy atom. The number of hydrogen-bond acceptors (Lipinski definition) is 3. The maximum absolute atomic E-state index is 12.2. The zero-order valence-corrected chi connectivity index (χ0v) is 15.6. The molecule has 0 atom stereocenters. The predicted octanol–water partition coefficient (Wildman–Crippen LogP) is 2.50. The molecule has 2 aromatic carbocycles. The lowest BCUT2D eigenvalue weighted by Crippen LogP contribution is -2.37. The summed E-state index contributed by atoms with van der Waals surface area (Å²) in [5, 5.41) is 2.79. The van der Waals surface area contributed by atoms with Crippen LogP contribution in [-0.2, 0) is 16.6 Å². The second-order valence-corrected chi connectivity index (χ2v) is 8.14. The number of amides is 1. The molecule has 0 saturated heterocycles. The fraction of sp³-hybridized carbons (Fsp3) is 0.316. The van der Waals surface area contributed by atoms with E-state index in [0.717, 1.165) is 16.7 Å². The first-order valence-corrected chi connectivity index (χ1v) is 9.96. The van der Waals surface area contributed by atoms with E-state index in [4.69, 9.17) is 0 Å². The quantitative estimate of drug-likeness (QED) is 0.825. The van der Waals surface area contributed by atoms with Crippen LogP contribution in [0.1, 0.15) is 27.0 Å². The summed E-state index contributed by atoms with van der Waals surface area (Å²) in [6.45, 7) is 4.63. The van der Waals surface area contributed by atoms with Gasteiger partial charge < -0.3 is 5.32 Å². The largest absolute Gasteiger partial charge is 0.351 e. The van der Waals surface area contributed by atoms with Gasteiger partial charge in [-0.25, -0.2) is 8.42 Å². The third-order valence-electron chi connectivity index (χ3n) is 3.99. The highest BCUT2D eigenvalue weighted by Crippen LogP contribution is 2.10. The van der Waals surface area contributed by atoms with E-state index in [1.165, 1.54) is 10.6 Å². The van der Waals surface area contributed by atoms with Crippen LogP contribution in [-0.4, -0.2) is 38.0 Å². The number of benzene rings is 2. The smallest absolute Gasteiger partial charge is 0.251 e. The molecular weight excluding hydrogens is 336 g/mol. The average molecular weight is 360 g/mol. The molecule has 2 rings (SSSR count). The highest BCUT2D eigenvalue weighted by Gasteiger charge is 2.17. The molecule has 0 unspecified atom stereocenters. The number of nitrogens with zero attached hydrogens (tertiary/aromatic N) is 1. The monoisotopic (exact) mass is 360 g/mol. The molecule has 0 aromatic heterocycles. The van der Waals surface area contributed by atoms with E-state index in [1.807, 2.05) is 56.3 Å². The van der Waals surface area contributed by atoms with Gasteiger partial charge in [-0.2, -0.15) is 4.31 Å². The lowest BCUT2D eigenvalue weighted by Gasteiger charge is -2.20. The van der Waals surface area contributed by atoms with E-state index in [2.05, 4.69) is 5.32 Å². The average Bonchev–Trinajstić information content (AvgIpc) is 2.55. The molecule has 6 heteroatoms. The van der Waals surface area contributed by atoms with E-state index in [1.54, 1.807) is 6.07 Å². The number of nitrogens with one attached hydrogen (secondary N) is 1. The van der Waals surface area contributed by atoms with E-state index in [0.29, 0.717) is 12.1 Å². The van der Waals surface area contributed by atoms with Gasteiger partial charge in [0.2, 0.25) is 10.0 Å². The zero-order chi connectivity index (χ0) is 18.4. The Morgan fingerprint density at radius 1 is 1.04 bits per heavy atom. The number of aryl methyl sites for hydroxylation is 2. The first-order valence-electron chi connectivity index (χ1n) is 8.12. The molecule has 1 N–H and O–H groups in total. The first kappa shape index (κ1) is 19.1. The number of rotatable bonds is 7. The van der Waals surface area contributed by atoms with Gasteiger partial charge in [-0.15, -0.1) is 0 Å². The molecule has 0 saturated carbocycles. The van der Waals surface area contributed by atoms with Crippen LogP contribution >= 0.6 is 0 Å². The lowest BCUT2D eigenvalue weighted by atomic mass is 10.1. The minimum atomic E-state index is -3.36. The van der Waals surface area contributed by atoms with Gasteiger partial charge in [0, 0.05) is 25.2 Å². The maximum atomic E-state index is 12.2. The highest BCUT2D eigenvalue weighted by molar-refractivity contribution is 7.88. The summed E-state index contributed by atoms with van der Waals surface area (Å²) < 4.78 is 25.4. The van der Waals surface area contributed by atoms with E-state index in [9.17, 15) is 13.2 Å². The van der Waals surface area contributed by atoms with Gasteiger partial charge in [-0.1, -0.05) is 48.0 Å². The van der Waals surface area contributed by atoms with Crippen LogP contribution in [0, 0.1) is 13.8 Å². The van der Waals surface area contributed by atoms with E-state index in [-0.39, 0.29) is 19.0 Å². The predicted molar refractivity (Wildman–Crippen MR) is 99.9 cm³/mol. The third-order valence-corrected chi connectivity index (χ3v) is 5.23. The molecule has 0 aliphatic carbocycles. The summed E-state index contributed by atoms with van der Waals surface area (Å²) in [6.07, 6.45) is 1.18. The van der Waals surface area contributed by atoms with Crippen LogP contribution in [0.4, 0.5) is 0 Å². The minimum Gasteiger partial charge on any atom is -0.351 e. The zero-order valence-electron chi connectivity index (χ0n) is 14.8. The molecule has 0 aliphatic rings. The van der Waals surface area contributed by atoms with Gasteiger partial charge >= 0.3 is 0 Å². The standard InChI is InChI=1S/C19H24N2O3S/c1-15-8-10-17(11-9-15)14-21(25(3,23)24)13-12-20-19(22)18-7-5-4-6-16(18)2/h4-11H,12-14H2,1-3H3,(H,20,22). The van der Waals surface area contributed by atoms with Crippen LogP contribution in [0.15, 0.2) is 48.5 Å². The third kappa shape index (κ3) is 5.69. The molecule has 25 heavy (non-hydrogen) atoms. The summed E-state index contributed by atoms with van der Waals surface area (Å²) in [4.78, 5) is 12.2. The molecule has 0 heterocycles. The fourth-order valence-electron chi connectivity index (χ4n) is 2.48. The van der Waals surface area contributed by atoms with Crippen LogP contribution in [0.25, 0.3) is 0 Å². The topological polar surface area (TPSA) is 66.5 Å². The molecule has 0 bridgehead atoms. The Balaban J connectivity index is 1.98. The Bertz CT molecular complexity index is 830. The Hall–Kier alpha value is -2.18. The molecular formula is C19H24N2O3S. The van der Waals surface area contributed by atoms with Crippen LogP contribution < -0.4 is 5.32 Å². The van der Waals surface area contributed by atoms with Crippen molar-refractivity contribution in [3.8, 4) is 0 Å². The molecule has 0 fully saturated rings. The molecule has 0 aliphatic heterocycles. The summed E-state index contributed by atoms with van der Waals surface area (Å²) >= 11 is 0. The van der Waals surface area contributed by atoms with Crippen molar-refractivity contribution in [1.29, 1.82) is 0 Å². The Kier molecular flexibility index (Phi) is 6.33. The van der Waals surface area contributed by atoms with Crippen molar-refractivity contribution in [2.24, 2.45) is 0 Å². The van der Waals surface area contributed by atoms with Gasteiger partial charge in [0.25, 0.3) is 5.91 Å². The van der Waals surface area contributed by atoms with Gasteiger partial charge in [0.05, 0.1) is 6.26 Å². The van der Waals surface area contributed by atoms with Crippen LogP contribution in [0.3, 0.4) is 0 Å². The van der Waals surface area contributed by atoms with Gasteiger partial charge in [-0.05, 0) is 31.0 Å². The fourth-order valence-corrected chi connectivity index (χ4v) is 3.28. The first-order chi connectivity index (χ1) is 11.8. The van der Waals surface area contributed by atoms with Crippen molar-refractivity contribution < 1.29 is 13.2 Å². The molecule has 5 nitrogen and oxygen atoms in total. The van der Waals surface area contributed by atoms with Crippen LogP contribution in [0.5, 0.6) is 0 Å². The van der Waals surface area contributed by atoms with Gasteiger partial charge in [0.1, 0.15) is 0 Å². The number of hydrogen-bond donors (Lipinski definition) is 1. The number of carbonyl (C=O) groups excluding carboxylic acids is 1. The van der Waals surface area contributed by atoms with Crippen molar-refractivity contribution in [2.75, 3.05) is 19.3 Å². The molecule has 1 amide bonds. The molecule has 134 valence electrons. The van der Waals surface area contributed by atoms with Crippen molar-refractivity contribution >= 4 is 15.9 Å². The summed E-state index contributed by atoms with van der Waals surface area (Å²) in [5.74, 6) is -0.193. The van der Waals surface area contributed by atoms with Gasteiger partial charge in [-0.3, -0.25) is 4.79 Å². The van der Waals surface area contributed by atoms with E-state index >= 15 is 0 Å². The number of carbonyl (C=O) groups is 1. The molecule has 0 spiro atoms. The molecule has 0 radical (unpaired) electrons. The van der Waals surface area contributed by atoms with Gasteiger partial charge in [0.15, 0.2) is 0 Å². The van der Waals surface area contributed by atoms with Crippen molar-refractivity contribution in [3.05, 3.63) is 70.8 Å². The lowest BCUT2D eigenvalue weighted by molar-refractivity contribution is 0.0951. The number of sulfonamides is 1. The van der Waals surface area contributed by atoms with Crippen molar-refractivity contribution in [2.45, 2.75) is 20.4 Å². The summed E-state index contributed by atoms with van der Waals surface area (Å²) in [6, 6.07) is 15.0. The Morgan fingerprint density at radius 2 is 1.68 bits per heavy atom. The second kappa shape index (κ2) is 8.27. The normalized spacial score (nSPS) is 11.5. The van der Waals surface area contributed by atoms with Crippen LogP contribution in [0.2, 0.25) is 0 Å². The second-order valence-electron chi connectivity index (χ2n) is 6.15. The Labute approximate surface area is 149 Å². The van der Waals surface area contributed by atoms with Crippen molar-refractivity contribution in [1.82, 2.24) is 9.62 Å². The van der Waals surface area contributed by atoms with Crippen molar-refractivity contribution in [3.63, 3.8) is 0 Å². The SMILES string of the molecule is Cc1ccc(CN(CCNC(=O)c2ccccc2C)S(C)(=O)=O)cc1. The maximum Gasteiger partial charge on any atom is 0.251 e. The summed E-state index contributed by atoms with van der Waals surface area (Å²) in [5.41, 5.74) is 3.54. The minimum absolute atomic E-state index is 0.193. The summed E-state index contributed by atoms with van der Waals surface area (Å²) in [7, 11) is -3.36. The molecule has 2 aromatic rings. The van der Waals surface area contributed by atoms with E-state index < -0.39 is 10.0 Å².